The van der Waals surface area contributed by atoms with E-state index in [0.29, 0.717) is 5.56 Å². The highest BCUT2D eigenvalue weighted by atomic mass is 19.3. The lowest BCUT2D eigenvalue weighted by Crippen LogP contribution is -1.98. The first-order valence-electron chi connectivity index (χ1n) is 3.87. The molecule has 0 amide bonds. The number of aryl methyl sites for hydroxylation is 1. The summed E-state index contributed by atoms with van der Waals surface area (Å²) in [5, 5.41) is 0. The van der Waals surface area contributed by atoms with E-state index in [2.05, 4.69) is 0 Å². The Morgan fingerprint density at radius 3 is 2.54 bits per heavy atom. The molecule has 0 aliphatic carbocycles. The normalized spacial score (nSPS) is 10.8. The number of halogens is 3. The van der Waals surface area contributed by atoms with Crippen LogP contribution in [-0.2, 0) is 6.42 Å². The number of hydrogen-bond acceptors (Lipinski definition) is 1. The average Bonchev–Trinajstić information content (AvgIpc) is 2.08. The molecule has 0 saturated heterocycles. The summed E-state index contributed by atoms with van der Waals surface area (Å²) in [6, 6.07) is 4.13. The third-order valence-corrected chi connectivity index (χ3v) is 1.77. The molecule has 0 aromatic heterocycles. The van der Waals surface area contributed by atoms with E-state index in [1.165, 1.54) is 18.2 Å². The maximum atomic E-state index is 12.4. The number of nitrogen functional groups attached to an aromatic ring is 1. The Labute approximate surface area is 74.4 Å². The molecule has 0 fully saturated rings. The van der Waals surface area contributed by atoms with Crippen LogP contribution in [0.3, 0.4) is 0 Å². The van der Waals surface area contributed by atoms with E-state index >= 15 is 0 Å². The molecule has 2 N–H and O–H groups in total. The maximum absolute atomic E-state index is 12.4. The molecule has 0 radical (unpaired) electrons. The van der Waals surface area contributed by atoms with Gasteiger partial charge in [0.15, 0.2) is 0 Å². The fourth-order valence-electron chi connectivity index (χ4n) is 1.15. The van der Waals surface area contributed by atoms with Crippen LogP contribution in [-0.4, -0.2) is 6.67 Å². The second-order valence-electron chi connectivity index (χ2n) is 2.70. The van der Waals surface area contributed by atoms with Gasteiger partial charge < -0.3 is 5.73 Å². The molecule has 1 aromatic carbocycles. The van der Waals surface area contributed by atoms with Crippen molar-refractivity contribution < 1.29 is 13.2 Å². The van der Waals surface area contributed by atoms with E-state index < -0.39 is 13.1 Å². The number of benzene rings is 1. The number of alkyl halides is 3. The molecular weight excluding hydrogens is 179 g/mol. The van der Waals surface area contributed by atoms with Crippen LogP contribution in [0.1, 0.15) is 17.6 Å². The van der Waals surface area contributed by atoms with Gasteiger partial charge in [0.05, 0.1) is 6.67 Å². The summed E-state index contributed by atoms with van der Waals surface area (Å²) in [6.45, 7) is -0.635. The van der Waals surface area contributed by atoms with E-state index in [4.69, 9.17) is 5.73 Å². The molecule has 0 atom stereocenters. The molecule has 0 aliphatic rings. The highest BCUT2D eigenvalue weighted by molar-refractivity contribution is 5.45. The van der Waals surface area contributed by atoms with Gasteiger partial charge in [0.25, 0.3) is 6.43 Å². The Morgan fingerprint density at radius 1 is 1.31 bits per heavy atom. The fraction of sp³-hybridized carbons (Fsp3) is 0.333. The van der Waals surface area contributed by atoms with E-state index in [9.17, 15) is 13.2 Å². The van der Waals surface area contributed by atoms with Gasteiger partial charge in [-0.25, -0.2) is 8.78 Å². The van der Waals surface area contributed by atoms with E-state index in [0.717, 1.165) is 0 Å². The van der Waals surface area contributed by atoms with Crippen molar-refractivity contribution in [3.63, 3.8) is 0 Å². The summed E-state index contributed by atoms with van der Waals surface area (Å²) in [5.74, 6) is 0. The lowest BCUT2D eigenvalue weighted by molar-refractivity contribution is 0.150. The quantitative estimate of drug-likeness (QED) is 0.727. The van der Waals surface area contributed by atoms with Gasteiger partial charge in [-0.2, -0.15) is 0 Å². The Bertz CT molecular complexity index is 286. The van der Waals surface area contributed by atoms with Gasteiger partial charge in [0, 0.05) is 17.7 Å². The van der Waals surface area contributed by atoms with Gasteiger partial charge >= 0.3 is 0 Å². The number of rotatable bonds is 3. The number of anilines is 1. The Balaban J connectivity index is 3.03. The molecule has 0 bridgehead atoms. The second kappa shape index (κ2) is 4.16. The molecule has 0 saturated carbocycles. The maximum Gasteiger partial charge on any atom is 0.264 e. The van der Waals surface area contributed by atoms with Gasteiger partial charge in [-0.05, 0) is 17.7 Å². The fourth-order valence-corrected chi connectivity index (χ4v) is 1.15. The molecule has 4 heteroatoms. The van der Waals surface area contributed by atoms with Gasteiger partial charge in [0.1, 0.15) is 0 Å². The molecule has 0 unspecified atom stereocenters. The van der Waals surface area contributed by atoms with Crippen LogP contribution in [0.4, 0.5) is 18.9 Å². The average molecular weight is 189 g/mol. The zero-order valence-electron chi connectivity index (χ0n) is 6.93. The van der Waals surface area contributed by atoms with Crippen molar-refractivity contribution in [2.75, 3.05) is 12.4 Å². The van der Waals surface area contributed by atoms with Crippen LogP contribution in [0.25, 0.3) is 0 Å². The minimum absolute atomic E-state index is 0.0138. The van der Waals surface area contributed by atoms with Crippen molar-refractivity contribution in [3.05, 3.63) is 29.3 Å². The first-order valence-corrected chi connectivity index (χ1v) is 3.87. The summed E-state index contributed by atoms with van der Waals surface area (Å²) in [5.41, 5.74) is 5.77. The first-order chi connectivity index (χ1) is 6.15. The lowest BCUT2D eigenvalue weighted by atomic mass is 10.0. The summed E-state index contributed by atoms with van der Waals surface area (Å²) in [7, 11) is 0. The minimum Gasteiger partial charge on any atom is -0.399 e. The van der Waals surface area contributed by atoms with E-state index in [-0.39, 0.29) is 17.7 Å². The Hall–Kier alpha value is -1.19. The van der Waals surface area contributed by atoms with E-state index in [1.54, 1.807) is 0 Å². The van der Waals surface area contributed by atoms with Crippen LogP contribution in [0, 0.1) is 0 Å². The summed E-state index contributed by atoms with van der Waals surface area (Å²) >= 11 is 0. The first kappa shape index (κ1) is 9.89. The van der Waals surface area contributed by atoms with Crippen LogP contribution in [0.2, 0.25) is 0 Å². The zero-order valence-corrected chi connectivity index (χ0v) is 6.93. The van der Waals surface area contributed by atoms with Crippen molar-refractivity contribution in [2.45, 2.75) is 12.8 Å². The molecule has 13 heavy (non-hydrogen) atoms. The van der Waals surface area contributed by atoms with Crippen LogP contribution in [0.15, 0.2) is 18.2 Å². The standard InChI is InChI=1S/C9H10F3N/c10-4-3-6-1-2-7(13)5-8(6)9(11)12/h1-2,5,9H,3-4,13H2. The third-order valence-electron chi connectivity index (χ3n) is 1.77. The number of nitrogens with two attached hydrogens (primary N) is 1. The molecule has 0 spiro atoms. The van der Waals surface area contributed by atoms with Crippen molar-refractivity contribution >= 4 is 5.69 Å². The summed E-state index contributed by atoms with van der Waals surface area (Å²) in [6.07, 6.45) is -2.58. The second-order valence-corrected chi connectivity index (χ2v) is 2.70. The van der Waals surface area contributed by atoms with Gasteiger partial charge in [-0.1, -0.05) is 6.07 Å². The highest BCUT2D eigenvalue weighted by Crippen LogP contribution is 2.25. The van der Waals surface area contributed by atoms with E-state index in [1.807, 2.05) is 0 Å². The highest BCUT2D eigenvalue weighted by Gasteiger charge is 2.12. The zero-order chi connectivity index (χ0) is 9.84. The molecule has 0 heterocycles. The number of hydrogen-bond donors (Lipinski definition) is 1. The largest absolute Gasteiger partial charge is 0.399 e. The predicted octanol–water partition coefficient (Wildman–Crippen LogP) is 2.72. The monoisotopic (exact) mass is 189 g/mol. The lowest BCUT2D eigenvalue weighted by Gasteiger charge is -2.07. The van der Waals surface area contributed by atoms with Gasteiger partial charge in [-0.3, -0.25) is 4.39 Å². The summed E-state index contributed by atoms with van der Waals surface area (Å²) in [4.78, 5) is 0. The molecule has 1 aromatic rings. The Kier molecular flexibility index (Phi) is 3.17. The van der Waals surface area contributed by atoms with Crippen LogP contribution in [0.5, 0.6) is 0 Å². The van der Waals surface area contributed by atoms with Crippen molar-refractivity contribution in [1.82, 2.24) is 0 Å². The van der Waals surface area contributed by atoms with Crippen molar-refractivity contribution in [2.24, 2.45) is 0 Å². The summed E-state index contributed by atoms with van der Waals surface area (Å²) < 4.78 is 36.7. The predicted molar refractivity (Wildman–Crippen MR) is 45.5 cm³/mol. The molecule has 1 rings (SSSR count). The van der Waals surface area contributed by atoms with Crippen LogP contribution < -0.4 is 5.73 Å². The van der Waals surface area contributed by atoms with Gasteiger partial charge in [0.2, 0.25) is 0 Å². The molecular formula is C9H10F3N. The van der Waals surface area contributed by atoms with Crippen molar-refractivity contribution in [3.8, 4) is 0 Å². The molecule has 0 aliphatic heterocycles. The molecule has 72 valence electrons. The van der Waals surface area contributed by atoms with Crippen molar-refractivity contribution in [1.29, 1.82) is 0 Å². The third kappa shape index (κ3) is 2.37. The van der Waals surface area contributed by atoms with Gasteiger partial charge in [-0.15, -0.1) is 0 Å². The topological polar surface area (TPSA) is 26.0 Å². The smallest absolute Gasteiger partial charge is 0.264 e. The molecule has 1 nitrogen and oxygen atoms in total. The van der Waals surface area contributed by atoms with Crippen LogP contribution >= 0.6 is 0 Å². The minimum atomic E-state index is -2.59. The Morgan fingerprint density at radius 2 is 2.00 bits per heavy atom. The SMILES string of the molecule is Nc1ccc(CCF)c(C(F)F)c1.